The SMILES string of the molecule is CCc1c(C)nn(Cc2csc(CN)n2)c1C. The van der Waals surface area contributed by atoms with E-state index in [9.17, 15) is 0 Å². The van der Waals surface area contributed by atoms with E-state index >= 15 is 0 Å². The summed E-state index contributed by atoms with van der Waals surface area (Å²) in [5.41, 5.74) is 10.3. The molecule has 0 unspecified atom stereocenters. The summed E-state index contributed by atoms with van der Waals surface area (Å²) in [7, 11) is 0. The van der Waals surface area contributed by atoms with Crippen LogP contribution < -0.4 is 5.73 Å². The summed E-state index contributed by atoms with van der Waals surface area (Å²) in [5.74, 6) is 0. The van der Waals surface area contributed by atoms with Crippen LogP contribution in [-0.2, 0) is 19.5 Å². The molecular formula is C12H18N4S. The van der Waals surface area contributed by atoms with Gasteiger partial charge in [-0.1, -0.05) is 6.92 Å². The molecule has 4 nitrogen and oxygen atoms in total. The van der Waals surface area contributed by atoms with Crippen LogP contribution in [0.15, 0.2) is 5.38 Å². The molecule has 2 aromatic heterocycles. The molecule has 0 spiro atoms. The molecule has 0 radical (unpaired) electrons. The molecule has 2 aromatic rings. The molecule has 17 heavy (non-hydrogen) atoms. The number of thiazole rings is 1. The summed E-state index contributed by atoms with van der Waals surface area (Å²) in [4.78, 5) is 4.46. The van der Waals surface area contributed by atoms with Gasteiger partial charge < -0.3 is 5.73 Å². The quantitative estimate of drug-likeness (QED) is 0.903. The van der Waals surface area contributed by atoms with Gasteiger partial charge in [-0.3, -0.25) is 4.68 Å². The molecule has 0 saturated carbocycles. The van der Waals surface area contributed by atoms with E-state index in [1.807, 2.05) is 4.68 Å². The number of nitrogens with two attached hydrogens (primary N) is 1. The van der Waals surface area contributed by atoms with E-state index in [1.165, 1.54) is 11.3 Å². The smallest absolute Gasteiger partial charge is 0.107 e. The van der Waals surface area contributed by atoms with Gasteiger partial charge in [-0.2, -0.15) is 5.10 Å². The second kappa shape index (κ2) is 4.98. The Morgan fingerprint density at radius 1 is 1.41 bits per heavy atom. The van der Waals surface area contributed by atoms with E-state index in [4.69, 9.17) is 5.73 Å². The van der Waals surface area contributed by atoms with Crippen molar-refractivity contribution in [2.75, 3.05) is 0 Å². The van der Waals surface area contributed by atoms with Crippen molar-refractivity contribution in [2.45, 2.75) is 40.3 Å². The second-order valence-corrected chi connectivity index (χ2v) is 5.04. The highest BCUT2D eigenvalue weighted by molar-refractivity contribution is 7.09. The molecule has 2 rings (SSSR count). The standard InChI is InChI=1S/C12H18N4S/c1-4-11-8(2)15-16(9(11)3)6-10-7-17-12(5-13)14-10/h7H,4-6,13H2,1-3H3. The van der Waals surface area contributed by atoms with Gasteiger partial charge in [0, 0.05) is 17.6 Å². The zero-order valence-electron chi connectivity index (χ0n) is 10.5. The molecular weight excluding hydrogens is 232 g/mol. The van der Waals surface area contributed by atoms with E-state index in [2.05, 4.69) is 36.2 Å². The predicted octanol–water partition coefficient (Wildman–Crippen LogP) is 2.03. The van der Waals surface area contributed by atoms with Crippen LogP contribution in [0.3, 0.4) is 0 Å². The van der Waals surface area contributed by atoms with Gasteiger partial charge in [0.15, 0.2) is 0 Å². The highest BCUT2D eigenvalue weighted by Gasteiger charge is 2.11. The van der Waals surface area contributed by atoms with Crippen LogP contribution in [0.25, 0.3) is 0 Å². The number of aryl methyl sites for hydroxylation is 1. The van der Waals surface area contributed by atoms with Crippen LogP contribution in [0.4, 0.5) is 0 Å². The van der Waals surface area contributed by atoms with Crippen LogP contribution in [0.5, 0.6) is 0 Å². The summed E-state index contributed by atoms with van der Waals surface area (Å²) < 4.78 is 2.03. The molecule has 92 valence electrons. The monoisotopic (exact) mass is 250 g/mol. The lowest BCUT2D eigenvalue weighted by Crippen LogP contribution is -2.05. The fraction of sp³-hybridized carbons (Fsp3) is 0.500. The lowest BCUT2D eigenvalue weighted by molar-refractivity contribution is 0.647. The van der Waals surface area contributed by atoms with Crippen LogP contribution in [0.2, 0.25) is 0 Å². The molecule has 5 heteroatoms. The van der Waals surface area contributed by atoms with Crippen LogP contribution in [-0.4, -0.2) is 14.8 Å². The fourth-order valence-electron chi connectivity index (χ4n) is 2.07. The molecule has 0 aliphatic carbocycles. The summed E-state index contributed by atoms with van der Waals surface area (Å²) in [5, 5.41) is 7.60. The van der Waals surface area contributed by atoms with Crippen molar-refractivity contribution in [1.29, 1.82) is 0 Å². The van der Waals surface area contributed by atoms with E-state index in [0.717, 1.165) is 29.4 Å². The Hall–Kier alpha value is -1.20. The first kappa shape index (κ1) is 12.3. The van der Waals surface area contributed by atoms with E-state index < -0.39 is 0 Å². The Balaban J connectivity index is 2.24. The maximum absolute atomic E-state index is 5.56. The molecule has 0 aromatic carbocycles. The molecule has 0 atom stereocenters. The van der Waals surface area contributed by atoms with E-state index in [-0.39, 0.29) is 0 Å². The first-order valence-electron chi connectivity index (χ1n) is 5.82. The lowest BCUT2D eigenvalue weighted by Gasteiger charge is -2.02. The third-order valence-electron chi connectivity index (χ3n) is 2.97. The summed E-state index contributed by atoms with van der Waals surface area (Å²) in [6.07, 6.45) is 1.03. The minimum Gasteiger partial charge on any atom is -0.325 e. The zero-order valence-corrected chi connectivity index (χ0v) is 11.3. The number of rotatable bonds is 4. The van der Waals surface area contributed by atoms with Crippen LogP contribution in [0.1, 0.15) is 34.6 Å². The van der Waals surface area contributed by atoms with Crippen molar-refractivity contribution in [3.63, 3.8) is 0 Å². The Bertz CT molecular complexity index is 513. The average Bonchev–Trinajstić information content (AvgIpc) is 2.86. The highest BCUT2D eigenvalue weighted by atomic mass is 32.1. The Kier molecular flexibility index (Phi) is 3.59. The maximum atomic E-state index is 5.56. The average molecular weight is 250 g/mol. The molecule has 2 N–H and O–H groups in total. The summed E-state index contributed by atoms with van der Waals surface area (Å²) >= 11 is 1.61. The van der Waals surface area contributed by atoms with Gasteiger partial charge in [-0.05, 0) is 25.8 Å². The van der Waals surface area contributed by atoms with Crippen LogP contribution >= 0.6 is 11.3 Å². The third kappa shape index (κ3) is 2.40. The van der Waals surface area contributed by atoms with Crippen molar-refractivity contribution < 1.29 is 0 Å². The van der Waals surface area contributed by atoms with E-state index in [0.29, 0.717) is 6.54 Å². The van der Waals surface area contributed by atoms with Crippen molar-refractivity contribution in [2.24, 2.45) is 5.73 Å². The van der Waals surface area contributed by atoms with Crippen molar-refractivity contribution >= 4 is 11.3 Å². The zero-order chi connectivity index (χ0) is 12.4. The van der Waals surface area contributed by atoms with Gasteiger partial charge in [-0.25, -0.2) is 4.98 Å². The predicted molar refractivity (Wildman–Crippen MR) is 70.2 cm³/mol. The maximum Gasteiger partial charge on any atom is 0.107 e. The lowest BCUT2D eigenvalue weighted by atomic mass is 10.1. The van der Waals surface area contributed by atoms with Gasteiger partial charge in [0.25, 0.3) is 0 Å². The van der Waals surface area contributed by atoms with Gasteiger partial charge in [0.2, 0.25) is 0 Å². The number of aromatic nitrogens is 3. The van der Waals surface area contributed by atoms with Crippen molar-refractivity contribution in [3.05, 3.63) is 33.0 Å². The van der Waals surface area contributed by atoms with E-state index in [1.54, 1.807) is 11.3 Å². The Morgan fingerprint density at radius 2 is 2.18 bits per heavy atom. The van der Waals surface area contributed by atoms with Crippen molar-refractivity contribution in [1.82, 2.24) is 14.8 Å². The molecule has 0 fully saturated rings. The summed E-state index contributed by atoms with van der Waals surface area (Å²) in [6.45, 7) is 7.60. The van der Waals surface area contributed by atoms with Gasteiger partial charge in [0.05, 0.1) is 17.9 Å². The highest BCUT2D eigenvalue weighted by Crippen LogP contribution is 2.16. The largest absolute Gasteiger partial charge is 0.325 e. The Labute approximate surface area is 105 Å². The topological polar surface area (TPSA) is 56.7 Å². The van der Waals surface area contributed by atoms with Crippen LogP contribution in [0, 0.1) is 13.8 Å². The molecule has 0 amide bonds. The van der Waals surface area contributed by atoms with Crippen molar-refractivity contribution in [3.8, 4) is 0 Å². The minimum atomic E-state index is 0.516. The minimum absolute atomic E-state index is 0.516. The molecule has 0 bridgehead atoms. The second-order valence-electron chi connectivity index (χ2n) is 4.10. The molecule has 2 heterocycles. The fourth-order valence-corrected chi connectivity index (χ4v) is 2.73. The number of nitrogens with zero attached hydrogens (tertiary/aromatic N) is 3. The normalized spacial score (nSPS) is 11.1. The van der Waals surface area contributed by atoms with Gasteiger partial charge in [-0.15, -0.1) is 11.3 Å². The molecule has 0 aliphatic rings. The molecule has 0 saturated heterocycles. The molecule has 0 aliphatic heterocycles. The third-order valence-corrected chi connectivity index (χ3v) is 3.89. The first-order valence-corrected chi connectivity index (χ1v) is 6.69. The summed E-state index contributed by atoms with van der Waals surface area (Å²) in [6, 6.07) is 0. The number of hydrogen-bond acceptors (Lipinski definition) is 4. The number of hydrogen-bond donors (Lipinski definition) is 1. The van der Waals surface area contributed by atoms with Gasteiger partial charge >= 0.3 is 0 Å². The first-order chi connectivity index (χ1) is 8.15. The van der Waals surface area contributed by atoms with Gasteiger partial charge in [0.1, 0.15) is 5.01 Å². The Morgan fingerprint density at radius 3 is 2.71 bits per heavy atom.